The Morgan fingerprint density at radius 2 is 2.15 bits per heavy atom. The van der Waals surface area contributed by atoms with Gasteiger partial charge in [0.05, 0.1) is 5.69 Å². The monoisotopic (exact) mass is 361 g/mol. The van der Waals surface area contributed by atoms with E-state index in [4.69, 9.17) is 0 Å². The molecule has 0 bridgehead atoms. The average molecular weight is 361 g/mol. The number of carbonyl (C=O) groups excluding carboxylic acids is 2. The molecule has 0 fully saturated rings. The standard InChI is InChI=1S/C17H17F2N5O2/c1-8-4-5-24-15(8)22-14(23-24)17(26)20-12-3-2-9-6-10(18)7-11(19)13(9)21-16(12)25/h6-8,12H,2-5H2,1H3,(H,20,26)(H,21,25)/t8-,12+/m1/s1. The highest BCUT2D eigenvalue weighted by atomic mass is 19.1. The first-order chi connectivity index (χ1) is 12.4. The highest BCUT2D eigenvalue weighted by Gasteiger charge is 2.30. The van der Waals surface area contributed by atoms with Crippen molar-refractivity contribution in [2.75, 3.05) is 5.32 Å². The van der Waals surface area contributed by atoms with Gasteiger partial charge in [0.15, 0.2) is 0 Å². The zero-order chi connectivity index (χ0) is 18.4. The van der Waals surface area contributed by atoms with E-state index < -0.39 is 29.5 Å². The Labute approximate surface area is 147 Å². The highest BCUT2D eigenvalue weighted by molar-refractivity contribution is 6.00. The van der Waals surface area contributed by atoms with E-state index in [0.717, 1.165) is 18.3 Å². The maximum absolute atomic E-state index is 13.9. The highest BCUT2D eigenvalue weighted by Crippen LogP contribution is 2.27. The molecule has 4 rings (SSSR count). The number of carbonyl (C=O) groups is 2. The van der Waals surface area contributed by atoms with Crippen molar-refractivity contribution in [2.24, 2.45) is 0 Å². The maximum Gasteiger partial charge on any atom is 0.291 e. The van der Waals surface area contributed by atoms with E-state index in [1.54, 1.807) is 4.68 Å². The molecule has 0 unspecified atom stereocenters. The SMILES string of the molecule is C[C@@H]1CCn2nc(C(=O)N[C@H]3CCc4cc(F)cc(F)c4NC3=O)nc21. The summed E-state index contributed by atoms with van der Waals surface area (Å²) in [6.07, 6.45) is 1.40. The van der Waals surface area contributed by atoms with Gasteiger partial charge in [-0.3, -0.25) is 9.59 Å². The van der Waals surface area contributed by atoms with Crippen LogP contribution in [0.4, 0.5) is 14.5 Å². The Kier molecular flexibility index (Phi) is 3.93. The van der Waals surface area contributed by atoms with Crippen molar-refractivity contribution in [3.8, 4) is 0 Å². The summed E-state index contributed by atoms with van der Waals surface area (Å²) in [5.41, 5.74) is 0.321. The third kappa shape index (κ3) is 2.83. The fourth-order valence-corrected chi connectivity index (χ4v) is 3.39. The Bertz CT molecular complexity index is 911. The van der Waals surface area contributed by atoms with Gasteiger partial charge in [0.2, 0.25) is 11.7 Å². The van der Waals surface area contributed by atoms with E-state index in [9.17, 15) is 18.4 Å². The van der Waals surface area contributed by atoms with Crippen molar-refractivity contribution in [2.45, 2.75) is 44.7 Å². The summed E-state index contributed by atoms with van der Waals surface area (Å²) in [7, 11) is 0. The van der Waals surface area contributed by atoms with E-state index in [0.29, 0.717) is 12.1 Å². The van der Waals surface area contributed by atoms with Crippen LogP contribution in [0.1, 0.15) is 47.7 Å². The zero-order valence-electron chi connectivity index (χ0n) is 14.1. The number of aryl methyl sites for hydroxylation is 2. The summed E-state index contributed by atoms with van der Waals surface area (Å²) >= 11 is 0. The van der Waals surface area contributed by atoms with Crippen molar-refractivity contribution >= 4 is 17.5 Å². The molecular weight excluding hydrogens is 344 g/mol. The number of anilines is 1. The van der Waals surface area contributed by atoms with Gasteiger partial charge in [0.1, 0.15) is 23.5 Å². The van der Waals surface area contributed by atoms with Crippen LogP contribution in [-0.4, -0.2) is 32.6 Å². The molecule has 1 aromatic carbocycles. The molecular formula is C17H17F2N5O2. The van der Waals surface area contributed by atoms with Gasteiger partial charge in [-0.25, -0.2) is 18.4 Å². The van der Waals surface area contributed by atoms with Crippen molar-refractivity contribution in [3.05, 3.63) is 41.0 Å². The molecule has 9 heteroatoms. The molecule has 0 aliphatic carbocycles. The van der Waals surface area contributed by atoms with Crippen molar-refractivity contribution in [1.82, 2.24) is 20.1 Å². The van der Waals surface area contributed by atoms with E-state index in [2.05, 4.69) is 20.7 Å². The first-order valence-electron chi connectivity index (χ1n) is 8.46. The summed E-state index contributed by atoms with van der Waals surface area (Å²) in [6.45, 7) is 2.72. The van der Waals surface area contributed by atoms with Crippen LogP contribution in [0.15, 0.2) is 12.1 Å². The largest absolute Gasteiger partial charge is 0.337 e. The predicted octanol–water partition coefficient (Wildman–Crippen LogP) is 1.75. The van der Waals surface area contributed by atoms with Crippen LogP contribution in [0.25, 0.3) is 0 Å². The van der Waals surface area contributed by atoms with Gasteiger partial charge in [0.25, 0.3) is 5.91 Å². The fourth-order valence-electron chi connectivity index (χ4n) is 3.39. The first-order valence-corrected chi connectivity index (χ1v) is 8.46. The number of amides is 2. The number of hydrogen-bond acceptors (Lipinski definition) is 4. The van der Waals surface area contributed by atoms with Gasteiger partial charge in [0, 0.05) is 18.5 Å². The lowest BCUT2D eigenvalue weighted by Crippen LogP contribution is -2.43. The minimum atomic E-state index is -0.881. The number of nitrogens with zero attached hydrogens (tertiary/aromatic N) is 3. The molecule has 2 amide bonds. The molecule has 1 aromatic heterocycles. The van der Waals surface area contributed by atoms with E-state index in [1.807, 2.05) is 6.92 Å². The molecule has 0 spiro atoms. The van der Waals surface area contributed by atoms with Crippen LogP contribution in [0, 0.1) is 11.6 Å². The summed E-state index contributed by atoms with van der Waals surface area (Å²) < 4.78 is 29.0. The molecule has 2 aliphatic rings. The third-order valence-corrected chi connectivity index (χ3v) is 4.83. The third-order valence-electron chi connectivity index (χ3n) is 4.83. The van der Waals surface area contributed by atoms with Gasteiger partial charge in [-0.1, -0.05) is 6.92 Å². The molecule has 2 atom stereocenters. The topological polar surface area (TPSA) is 88.9 Å². The van der Waals surface area contributed by atoms with Crippen molar-refractivity contribution in [1.29, 1.82) is 0 Å². The predicted molar refractivity (Wildman–Crippen MR) is 87.6 cm³/mol. The van der Waals surface area contributed by atoms with Crippen LogP contribution >= 0.6 is 0 Å². The molecule has 2 aliphatic heterocycles. The number of halogens is 2. The van der Waals surface area contributed by atoms with Gasteiger partial charge >= 0.3 is 0 Å². The second-order valence-electron chi connectivity index (χ2n) is 6.68. The molecule has 136 valence electrons. The van der Waals surface area contributed by atoms with Gasteiger partial charge in [-0.15, -0.1) is 5.10 Å². The Morgan fingerprint density at radius 3 is 2.92 bits per heavy atom. The Morgan fingerprint density at radius 1 is 1.35 bits per heavy atom. The Balaban J connectivity index is 1.51. The van der Waals surface area contributed by atoms with Gasteiger partial charge in [-0.05, 0) is 30.9 Å². The smallest absolute Gasteiger partial charge is 0.291 e. The number of benzene rings is 1. The minimum Gasteiger partial charge on any atom is -0.337 e. The molecule has 0 saturated heterocycles. The number of nitrogens with one attached hydrogen (secondary N) is 2. The van der Waals surface area contributed by atoms with Crippen LogP contribution in [0.5, 0.6) is 0 Å². The summed E-state index contributed by atoms with van der Waals surface area (Å²) in [5.74, 6) is -1.65. The average Bonchev–Trinajstić information content (AvgIpc) is 3.11. The van der Waals surface area contributed by atoms with Crippen LogP contribution in [0.2, 0.25) is 0 Å². The normalized spacial score (nSPS) is 21.6. The fraction of sp³-hybridized carbons (Fsp3) is 0.412. The summed E-state index contributed by atoms with van der Waals surface area (Å²) in [5, 5.41) is 9.19. The molecule has 0 radical (unpaired) electrons. The van der Waals surface area contributed by atoms with Crippen LogP contribution < -0.4 is 10.6 Å². The molecule has 0 saturated carbocycles. The van der Waals surface area contributed by atoms with Crippen LogP contribution in [-0.2, 0) is 17.8 Å². The number of aromatic nitrogens is 3. The zero-order valence-corrected chi connectivity index (χ0v) is 14.1. The number of fused-ring (bicyclic) bond motifs is 2. The first kappa shape index (κ1) is 16.6. The number of hydrogen-bond donors (Lipinski definition) is 2. The van der Waals surface area contributed by atoms with Gasteiger partial charge in [-0.2, -0.15) is 0 Å². The van der Waals surface area contributed by atoms with E-state index in [1.165, 1.54) is 6.07 Å². The minimum absolute atomic E-state index is 0.0123. The van der Waals surface area contributed by atoms with Crippen molar-refractivity contribution < 1.29 is 18.4 Å². The number of rotatable bonds is 2. The summed E-state index contributed by atoms with van der Waals surface area (Å²) in [6, 6.07) is 1.02. The Hall–Kier alpha value is -2.84. The second-order valence-corrected chi connectivity index (χ2v) is 6.68. The van der Waals surface area contributed by atoms with Gasteiger partial charge < -0.3 is 10.6 Å². The molecule has 2 aromatic rings. The lowest BCUT2D eigenvalue weighted by molar-refractivity contribution is -0.118. The quantitative estimate of drug-likeness (QED) is 0.853. The lowest BCUT2D eigenvalue weighted by Gasteiger charge is -2.14. The second kappa shape index (κ2) is 6.15. The molecule has 26 heavy (non-hydrogen) atoms. The summed E-state index contributed by atoms with van der Waals surface area (Å²) in [4.78, 5) is 29.0. The maximum atomic E-state index is 13.9. The molecule has 2 N–H and O–H groups in total. The molecule has 7 nitrogen and oxygen atoms in total. The lowest BCUT2D eigenvalue weighted by atomic mass is 10.1. The van der Waals surface area contributed by atoms with Crippen LogP contribution in [0.3, 0.4) is 0 Å². The van der Waals surface area contributed by atoms with E-state index in [-0.39, 0.29) is 30.3 Å². The van der Waals surface area contributed by atoms with E-state index >= 15 is 0 Å². The van der Waals surface area contributed by atoms with Crippen molar-refractivity contribution in [3.63, 3.8) is 0 Å². The molecule has 3 heterocycles.